The van der Waals surface area contributed by atoms with Crippen molar-refractivity contribution < 1.29 is 0 Å². The van der Waals surface area contributed by atoms with Gasteiger partial charge in [-0.05, 0) is 31.7 Å². The average molecular weight is 125 g/mol. The summed E-state index contributed by atoms with van der Waals surface area (Å²) < 4.78 is 0. The molecule has 0 aromatic heterocycles. The fraction of sp³-hybridized carbons (Fsp3) is 1.00. The predicted molar refractivity (Wildman–Crippen MR) is 38.3 cm³/mol. The first-order chi connectivity index (χ1) is 4.27. The van der Waals surface area contributed by atoms with Crippen molar-refractivity contribution in [3.05, 3.63) is 0 Å². The van der Waals surface area contributed by atoms with E-state index in [-0.39, 0.29) is 0 Å². The van der Waals surface area contributed by atoms with Crippen LogP contribution in [0, 0.1) is 11.8 Å². The maximum atomic E-state index is 2.52. The second kappa shape index (κ2) is 1.72. The first-order valence-corrected chi connectivity index (χ1v) is 3.97. The number of nitrogens with zero attached hydrogens (tertiary/aromatic N) is 1. The van der Waals surface area contributed by atoms with E-state index in [1.54, 1.807) is 0 Å². The van der Waals surface area contributed by atoms with Gasteiger partial charge in [-0.3, -0.25) is 0 Å². The van der Waals surface area contributed by atoms with Gasteiger partial charge < -0.3 is 4.90 Å². The Hall–Kier alpha value is -0.0400. The highest BCUT2D eigenvalue weighted by Crippen LogP contribution is 2.40. The van der Waals surface area contributed by atoms with Crippen LogP contribution in [0.4, 0.5) is 0 Å². The first-order valence-electron chi connectivity index (χ1n) is 3.97. The topological polar surface area (TPSA) is 3.24 Å². The van der Waals surface area contributed by atoms with Crippen molar-refractivity contribution in [1.82, 2.24) is 4.90 Å². The minimum Gasteiger partial charge on any atom is -0.303 e. The normalized spacial score (nSPS) is 50.7. The van der Waals surface area contributed by atoms with E-state index in [0.29, 0.717) is 0 Å². The third-order valence-corrected chi connectivity index (χ3v) is 3.17. The number of hydrogen-bond acceptors (Lipinski definition) is 1. The van der Waals surface area contributed by atoms with Crippen LogP contribution in [0.15, 0.2) is 0 Å². The van der Waals surface area contributed by atoms with Gasteiger partial charge in [0.05, 0.1) is 0 Å². The maximum absolute atomic E-state index is 2.52. The molecule has 2 rings (SSSR count). The fourth-order valence-corrected chi connectivity index (χ4v) is 2.43. The van der Waals surface area contributed by atoms with Gasteiger partial charge in [-0.1, -0.05) is 6.92 Å². The molecule has 9 heavy (non-hydrogen) atoms. The van der Waals surface area contributed by atoms with Crippen LogP contribution >= 0.6 is 0 Å². The van der Waals surface area contributed by atoms with Gasteiger partial charge in [-0.15, -0.1) is 0 Å². The third kappa shape index (κ3) is 0.710. The summed E-state index contributed by atoms with van der Waals surface area (Å²) in [6, 6.07) is 0.949. The fourth-order valence-electron chi connectivity index (χ4n) is 2.43. The third-order valence-electron chi connectivity index (χ3n) is 3.17. The van der Waals surface area contributed by atoms with Crippen LogP contribution in [0.1, 0.15) is 19.8 Å². The Balaban J connectivity index is 2.10. The zero-order chi connectivity index (χ0) is 6.43. The lowest BCUT2D eigenvalue weighted by atomic mass is 9.97. The molecule has 0 spiro atoms. The summed E-state index contributed by atoms with van der Waals surface area (Å²) in [4.78, 5) is 2.52. The van der Waals surface area contributed by atoms with Crippen molar-refractivity contribution in [3.63, 3.8) is 0 Å². The quantitative estimate of drug-likeness (QED) is 0.472. The molecule has 1 heterocycles. The summed E-state index contributed by atoms with van der Waals surface area (Å²) in [5, 5.41) is 0. The molecule has 1 unspecified atom stereocenters. The van der Waals surface area contributed by atoms with Crippen molar-refractivity contribution in [2.45, 2.75) is 25.8 Å². The summed E-state index contributed by atoms with van der Waals surface area (Å²) in [7, 11) is 2.26. The van der Waals surface area contributed by atoms with Crippen molar-refractivity contribution in [1.29, 1.82) is 0 Å². The first kappa shape index (κ1) is 5.72. The van der Waals surface area contributed by atoms with Crippen LogP contribution in [-0.4, -0.2) is 24.5 Å². The molecule has 3 atom stereocenters. The van der Waals surface area contributed by atoms with E-state index in [9.17, 15) is 0 Å². The number of piperidine rings is 1. The summed E-state index contributed by atoms with van der Waals surface area (Å²) in [6.45, 7) is 3.77. The number of likely N-dealkylation sites (tertiary alicyclic amines) is 1. The molecule has 1 heteroatoms. The van der Waals surface area contributed by atoms with Gasteiger partial charge in [0.25, 0.3) is 0 Å². The van der Waals surface area contributed by atoms with Gasteiger partial charge in [0.15, 0.2) is 0 Å². The van der Waals surface area contributed by atoms with Crippen molar-refractivity contribution in [2.75, 3.05) is 13.6 Å². The molecule has 0 amide bonds. The van der Waals surface area contributed by atoms with Crippen molar-refractivity contribution >= 4 is 0 Å². The highest BCUT2D eigenvalue weighted by Gasteiger charge is 2.40. The predicted octanol–water partition coefficient (Wildman–Crippen LogP) is 1.35. The van der Waals surface area contributed by atoms with Gasteiger partial charge in [0.2, 0.25) is 0 Å². The second-order valence-corrected chi connectivity index (χ2v) is 3.80. The molecule has 1 aliphatic heterocycles. The van der Waals surface area contributed by atoms with Crippen molar-refractivity contribution in [2.24, 2.45) is 11.8 Å². The maximum Gasteiger partial charge on any atom is 0.00981 e. The van der Waals surface area contributed by atoms with Gasteiger partial charge in [-0.2, -0.15) is 0 Å². The zero-order valence-electron chi connectivity index (χ0n) is 6.30. The molecule has 0 aromatic carbocycles. The van der Waals surface area contributed by atoms with E-state index in [4.69, 9.17) is 0 Å². The molecule has 1 nitrogen and oxygen atoms in total. The number of rotatable bonds is 0. The lowest BCUT2D eigenvalue weighted by Crippen LogP contribution is -2.30. The smallest absolute Gasteiger partial charge is 0.00981 e. The number of hydrogen-bond donors (Lipinski definition) is 0. The Morgan fingerprint density at radius 1 is 1.33 bits per heavy atom. The second-order valence-electron chi connectivity index (χ2n) is 3.80. The van der Waals surface area contributed by atoms with Crippen LogP contribution < -0.4 is 0 Å². The van der Waals surface area contributed by atoms with E-state index in [0.717, 1.165) is 17.9 Å². The Labute approximate surface area is 57.0 Å². The van der Waals surface area contributed by atoms with Crippen LogP contribution in [0.3, 0.4) is 0 Å². The molecule has 2 fully saturated rings. The zero-order valence-corrected chi connectivity index (χ0v) is 6.30. The molecule has 1 aliphatic carbocycles. The lowest BCUT2D eigenvalue weighted by molar-refractivity contribution is 0.219. The molecule has 1 saturated carbocycles. The van der Waals surface area contributed by atoms with Crippen LogP contribution in [0.2, 0.25) is 0 Å². The largest absolute Gasteiger partial charge is 0.303 e. The van der Waals surface area contributed by atoms with Crippen molar-refractivity contribution in [3.8, 4) is 0 Å². The Morgan fingerprint density at radius 2 is 2.11 bits per heavy atom. The standard InChI is InChI=1S/C8H15N/c1-6-3-8-4-7(6)5-9(8)2/h6-8H,3-5H2,1-2H3/t6-,7-,8?/m0/s1. The summed E-state index contributed by atoms with van der Waals surface area (Å²) in [6.07, 6.45) is 2.94. The minimum atomic E-state index is 0.949. The lowest BCUT2D eigenvalue weighted by Gasteiger charge is -2.25. The molecular weight excluding hydrogens is 110 g/mol. The van der Waals surface area contributed by atoms with Crippen LogP contribution in [0.5, 0.6) is 0 Å². The number of fused-ring (bicyclic) bond motifs is 2. The van der Waals surface area contributed by atoms with Crippen LogP contribution in [0.25, 0.3) is 0 Å². The summed E-state index contributed by atoms with van der Waals surface area (Å²) >= 11 is 0. The highest BCUT2D eigenvalue weighted by atomic mass is 15.2. The molecule has 2 aliphatic rings. The molecule has 52 valence electrons. The SMILES string of the molecule is C[C@H]1CC2C[C@H]1CN2C. The molecule has 1 saturated heterocycles. The summed E-state index contributed by atoms with van der Waals surface area (Å²) in [5.41, 5.74) is 0. The molecule has 0 N–H and O–H groups in total. The molecule has 0 aromatic rings. The highest BCUT2D eigenvalue weighted by molar-refractivity contribution is 4.93. The molecule has 2 bridgehead atoms. The molecular formula is C8H15N. The average Bonchev–Trinajstić information content (AvgIpc) is 2.24. The van der Waals surface area contributed by atoms with Gasteiger partial charge in [0, 0.05) is 12.6 Å². The van der Waals surface area contributed by atoms with E-state index in [1.807, 2.05) is 0 Å². The monoisotopic (exact) mass is 125 g/mol. The molecule has 0 radical (unpaired) electrons. The van der Waals surface area contributed by atoms with Gasteiger partial charge >= 0.3 is 0 Å². The van der Waals surface area contributed by atoms with Crippen LogP contribution in [-0.2, 0) is 0 Å². The van der Waals surface area contributed by atoms with Gasteiger partial charge in [-0.25, -0.2) is 0 Å². The minimum absolute atomic E-state index is 0.949. The van der Waals surface area contributed by atoms with E-state index >= 15 is 0 Å². The van der Waals surface area contributed by atoms with E-state index < -0.39 is 0 Å². The van der Waals surface area contributed by atoms with E-state index in [2.05, 4.69) is 18.9 Å². The summed E-state index contributed by atoms with van der Waals surface area (Å²) in [5.74, 6) is 2.06. The van der Waals surface area contributed by atoms with Gasteiger partial charge in [0.1, 0.15) is 0 Å². The Bertz CT molecular complexity index is 104. The Kier molecular flexibility index (Phi) is 1.10. The Morgan fingerprint density at radius 3 is 2.44 bits per heavy atom. The van der Waals surface area contributed by atoms with E-state index in [1.165, 1.54) is 19.4 Å².